The molecule has 2 aromatic carbocycles. The average molecular weight is 596 g/mol. The Morgan fingerprint density at radius 2 is 1.65 bits per heavy atom. The molecule has 9 nitrogen and oxygen atoms in total. The normalized spacial score (nSPS) is 12.5. The van der Waals surface area contributed by atoms with Crippen LogP contribution in [-0.2, 0) is 30.3 Å². The summed E-state index contributed by atoms with van der Waals surface area (Å²) >= 11 is 0. The van der Waals surface area contributed by atoms with Crippen LogP contribution in [0.3, 0.4) is 0 Å². The largest absolute Gasteiger partial charge is 0.466 e. The van der Waals surface area contributed by atoms with Crippen molar-refractivity contribution in [3.63, 3.8) is 0 Å². The number of hydrogen-bond acceptors (Lipinski definition) is 6. The summed E-state index contributed by atoms with van der Waals surface area (Å²) in [6.45, 7) is 13.5. The number of carbonyl (C=O) groups excluding carboxylic acids is 4. The lowest BCUT2D eigenvalue weighted by Gasteiger charge is -2.35. The minimum absolute atomic E-state index is 0.0136. The second kappa shape index (κ2) is 17.3. The van der Waals surface area contributed by atoms with Crippen molar-refractivity contribution >= 4 is 23.9 Å². The average Bonchev–Trinajstić information content (AvgIpc) is 2.93. The topological polar surface area (TPSA) is 114 Å². The van der Waals surface area contributed by atoms with Crippen molar-refractivity contribution in [3.05, 3.63) is 70.8 Å². The van der Waals surface area contributed by atoms with Gasteiger partial charge in [0.05, 0.1) is 13.0 Å². The van der Waals surface area contributed by atoms with Crippen molar-refractivity contribution in [2.45, 2.75) is 98.3 Å². The number of aryl methyl sites for hydroxylation is 2. The predicted octanol–water partition coefficient (Wildman–Crippen LogP) is 5.57. The van der Waals surface area contributed by atoms with Gasteiger partial charge < -0.3 is 25.0 Å². The summed E-state index contributed by atoms with van der Waals surface area (Å²) in [6.07, 6.45) is 1.97. The quantitative estimate of drug-likeness (QED) is 0.206. The molecule has 2 rings (SSSR count). The summed E-state index contributed by atoms with van der Waals surface area (Å²) < 4.78 is 10.5. The van der Waals surface area contributed by atoms with E-state index in [1.165, 1.54) is 0 Å². The number of carbonyl (C=O) groups is 4. The molecule has 0 saturated carbocycles. The number of hydrogen-bond donors (Lipinski definition) is 2. The first-order chi connectivity index (χ1) is 20.4. The zero-order valence-electron chi connectivity index (χ0n) is 26.8. The smallest absolute Gasteiger partial charge is 0.408 e. The van der Waals surface area contributed by atoms with Crippen LogP contribution in [0.5, 0.6) is 0 Å². The van der Waals surface area contributed by atoms with Gasteiger partial charge in [0, 0.05) is 19.5 Å². The molecule has 236 valence electrons. The molecular weight excluding hydrogens is 546 g/mol. The molecule has 0 saturated heterocycles. The number of alkyl carbamates (subject to hydrolysis) is 1. The standard InChI is InChI=1S/C34H49N3O6/c1-8-10-14-21-37(32(40)28(23-26-15-12-11-13-16-26)36-33(41)43-34(5,6)7)30(27-22-24(3)17-18-25(27)4)31(39)35-20-19-29(38)42-9-2/h11-13,15-18,22,28,30H,8-10,14,19-21,23H2,1-7H3,(H,35,39)(H,36,41). The van der Waals surface area contributed by atoms with Gasteiger partial charge in [-0.1, -0.05) is 73.9 Å². The van der Waals surface area contributed by atoms with Gasteiger partial charge in [0.2, 0.25) is 11.8 Å². The molecule has 0 aliphatic heterocycles. The molecule has 0 heterocycles. The number of nitrogens with one attached hydrogen (secondary N) is 2. The van der Waals surface area contributed by atoms with Crippen LogP contribution in [0, 0.1) is 13.8 Å². The Bertz CT molecular complexity index is 1210. The number of nitrogens with zero attached hydrogens (tertiary/aromatic N) is 1. The number of esters is 1. The van der Waals surface area contributed by atoms with Crippen molar-refractivity contribution in [3.8, 4) is 0 Å². The van der Waals surface area contributed by atoms with Crippen LogP contribution < -0.4 is 10.6 Å². The second-order valence-electron chi connectivity index (χ2n) is 11.7. The van der Waals surface area contributed by atoms with E-state index in [1.807, 2.05) is 62.4 Å². The van der Waals surface area contributed by atoms with E-state index in [-0.39, 0.29) is 26.0 Å². The minimum Gasteiger partial charge on any atom is -0.466 e. The Hall–Kier alpha value is -3.88. The van der Waals surface area contributed by atoms with Gasteiger partial charge in [-0.2, -0.15) is 0 Å². The molecule has 43 heavy (non-hydrogen) atoms. The highest BCUT2D eigenvalue weighted by Gasteiger charge is 2.37. The van der Waals surface area contributed by atoms with Crippen LogP contribution in [0.2, 0.25) is 0 Å². The fourth-order valence-electron chi connectivity index (χ4n) is 4.72. The summed E-state index contributed by atoms with van der Waals surface area (Å²) in [5.41, 5.74) is 2.58. The lowest BCUT2D eigenvalue weighted by atomic mass is 9.95. The van der Waals surface area contributed by atoms with Gasteiger partial charge in [-0.3, -0.25) is 14.4 Å². The summed E-state index contributed by atoms with van der Waals surface area (Å²) in [6, 6.07) is 13.3. The van der Waals surface area contributed by atoms with E-state index in [0.29, 0.717) is 18.5 Å². The lowest BCUT2D eigenvalue weighted by molar-refractivity contribution is -0.144. The van der Waals surface area contributed by atoms with Gasteiger partial charge in [-0.25, -0.2) is 4.79 Å². The molecule has 0 aliphatic carbocycles. The van der Waals surface area contributed by atoms with E-state index in [4.69, 9.17) is 9.47 Å². The van der Waals surface area contributed by atoms with Crippen LogP contribution in [0.25, 0.3) is 0 Å². The second-order valence-corrected chi connectivity index (χ2v) is 11.7. The van der Waals surface area contributed by atoms with Crippen molar-refractivity contribution in [1.82, 2.24) is 15.5 Å². The SMILES string of the molecule is CCCCCN(C(=O)C(Cc1ccccc1)NC(=O)OC(C)(C)C)C(C(=O)NCCC(=O)OCC)c1cc(C)ccc1C. The van der Waals surface area contributed by atoms with Gasteiger partial charge in [0.1, 0.15) is 17.7 Å². The molecule has 0 fully saturated rings. The molecule has 0 aliphatic rings. The van der Waals surface area contributed by atoms with E-state index in [2.05, 4.69) is 17.6 Å². The van der Waals surface area contributed by atoms with Crippen LogP contribution in [0.15, 0.2) is 48.5 Å². The molecule has 2 atom stereocenters. The van der Waals surface area contributed by atoms with Crippen LogP contribution in [0.4, 0.5) is 4.79 Å². The first-order valence-electron chi connectivity index (χ1n) is 15.2. The molecule has 2 N–H and O–H groups in total. The lowest BCUT2D eigenvalue weighted by Crippen LogP contribution is -2.54. The van der Waals surface area contributed by atoms with Crippen molar-refractivity contribution in [1.29, 1.82) is 0 Å². The molecule has 2 unspecified atom stereocenters. The Balaban J connectivity index is 2.55. The monoisotopic (exact) mass is 595 g/mol. The number of ether oxygens (including phenoxy) is 2. The third kappa shape index (κ3) is 12.1. The van der Waals surface area contributed by atoms with E-state index in [1.54, 1.807) is 32.6 Å². The molecule has 3 amide bonds. The number of rotatable bonds is 15. The highest BCUT2D eigenvalue weighted by molar-refractivity contribution is 5.92. The van der Waals surface area contributed by atoms with Crippen molar-refractivity contribution in [2.24, 2.45) is 0 Å². The van der Waals surface area contributed by atoms with E-state index < -0.39 is 41.6 Å². The Morgan fingerprint density at radius 1 is 0.953 bits per heavy atom. The summed E-state index contributed by atoms with van der Waals surface area (Å²) in [5.74, 6) is -1.21. The minimum atomic E-state index is -0.987. The van der Waals surface area contributed by atoms with Gasteiger partial charge in [0.15, 0.2) is 0 Å². The Labute approximate surface area is 256 Å². The van der Waals surface area contributed by atoms with E-state index >= 15 is 0 Å². The van der Waals surface area contributed by atoms with Gasteiger partial charge in [0.25, 0.3) is 0 Å². The summed E-state index contributed by atoms with van der Waals surface area (Å²) in [4.78, 5) is 55.0. The molecule has 0 spiro atoms. The fraction of sp³-hybridized carbons (Fsp3) is 0.529. The Kier molecular flexibility index (Phi) is 14.2. The first kappa shape index (κ1) is 35.3. The first-order valence-corrected chi connectivity index (χ1v) is 15.2. The number of unbranched alkanes of at least 4 members (excludes halogenated alkanes) is 2. The predicted molar refractivity (Wildman–Crippen MR) is 167 cm³/mol. The van der Waals surface area contributed by atoms with Gasteiger partial charge in [-0.15, -0.1) is 0 Å². The third-order valence-corrected chi connectivity index (χ3v) is 6.78. The van der Waals surface area contributed by atoms with E-state index in [0.717, 1.165) is 29.5 Å². The number of benzene rings is 2. The number of amides is 3. The zero-order chi connectivity index (χ0) is 32.0. The third-order valence-electron chi connectivity index (χ3n) is 6.78. The van der Waals surface area contributed by atoms with Gasteiger partial charge in [-0.05, 0) is 64.7 Å². The summed E-state index contributed by atoms with van der Waals surface area (Å²) in [5, 5.41) is 5.65. The molecule has 0 aromatic heterocycles. The highest BCUT2D eigenvalue weighted by atomic mass is 16.6. The molecule has 9 heteroatoms. The van der Waals surface area contributed by atoms with E-state index in [9.17, 15) is 19.2 Å². The highest BCUT2D eigenvalue weighted by Crippen LogP contribution is 2.28. The van der Waals surface area contributed by atoms with Crippen molar-refractivity contribution < 1.29 is 28.7 Å². The van der Waals surface area contributed by atoms with Crippen LogP contribution in [-0.4, -0.2) is 60.1 Å². The zero-order valence-corrected chi connectivity index (χ0v) is 26.8. The summed E-state index contributed by atoms with van der Waals surface area (Å²) in [7, 11) is 0. The van der Waals surface area contributed by atoms with Gasteiger partial charge >= 0.3 is 12.1 Å². The maximum atomic E-state index is 14.5. The van der Waals surface area contributed by atoms with Crippen molar-refractivity contribution in [2.75, 3.05) is 19.7 Å². The fourth-order valence-corrected chi connectivity index (χ4v) is 4.72. The van der Waals surface area contributed by atoms with Crippen LogP contribution >= 0.6 is 0 Å². The molecule has 0 bridgehead atoms. The maximum Gasteiger partial charge on any atom is 0.408 e. The molecule has 0 radical (unpaired) electrons. The maximum absolute atomic E-state index is 14.5. The molecular formula is C34H49N3O6. The Morgan fingerprint density at radius 3 is 2.28 bits per heavy atom. The van der Waals surface area contributed by atoms with Crippen LogP contribution in [0.1, 0.15) is 88.6 Å². The molecule has 2 aromatic rings.